The van der Waals surface area contributed by atoms with Crippen molar-refractivity contribution in [3.63, 3.8) is 0 Å². The van der Waals surface area contributed by atoms with Crippen LogP contribution in [0.1, 0.15) is 21.5 Å². The van der Waals surface area contributed by atoms with Crippen LogP contribution in [0.2, 0.25) is 0 Å². The van der Waals surface area contributed by atoms with Gasteiger partial charge in [0.1, 0.15) is 5.82 Å². The van der Waals surface area contributed by atoms with Gasteiger partial charge in [0.25, 0.3) is 5.91 Å². The fourth-order valence-corrected chi connectivity index (χ4v) is 2.18. The highest BCUT2D eigenvalue weighted by Gasteiger charge is 2.31. The summed E-state index contributed by atoms with van der Waals surface area (Å²) >= 11 is 0. The van der Waals surface area contributed by atoms with Gasteiger partial charge in [-0.1, -0.05) is 12.1 Å². The molecule has 1 amide bonds. The van der Waals surface area contributed by atoms with Gasteiger partial charge in [0, 0.05) is 12.2 Å². The smallest absolute Gasteiger partial charge is 0.416 e. The number of ether oxygens (including phenoxy) is 1. The van der Waals surface area contributed by atoms with Crippen LogP contribution < -0.4 is 11.1 Å². The van der Waals surface area contributed by atoms with Crippen molar-refractivity contribution in [2.45, 2.75) is 12.6 Å². The highest BCUT2D eigenvalue weighted by Crippen LogP contribution is 2.31. The van der Waals surface area contributed by atoms with Crippen LogP contribution in [0.25, 0.3) is 0 Å². The van der Waals surface area contributed by atoms with Crippen molar-refractivity contribution in [3.8, 4) is 0 Å². The zero-order valence-corrected chi connectivity index (χ0v) is 14.0. The number of anilines is 1. The van der Waals surface area contributed by atoms with Gasteiger partial charge >= 0.3 is 12.1 Å². The number of nitrogens with two attached hydrogens (primary N) is 1. The minimum Gasteiger partial charge on any atom is -0.452 e. The van der Waals surface area contributed by atoms with Crippen molar-refractivity contribution in [1.29, 1.82) is 0 Å². The fourth-order valence-electron chi connectivity index (χ4n) is 2.18. The molecule has 0 radical (unpaired) electrons. The topological polar surface area (TPSA) is 81.4 Å². The van der Waals surface area contributed by atoms with Gasteiger partial charge in [-0.25, -0.2) is 9.18 Å². The van der Waals surface area contributed by atoms with E-state index in [4.69, 9.17) is 10.5 Å². The first kappa shape index (κ1) is 20.2. The Morgan fingerprint density at radius 2 is 1.74 bits per heavy atom. The number of amides is 1. The van der Waals surface area contributed by atoms with E-state index in [9.17, 15) is 27.2 Å². The number of nitrogen functional groups attached to an aromatic ring is 1. The van der Waals surface area contributed by atoms with Gasteiger partial charge in [-0.3, -0.25) is 4.79 Å². The van der Waals surface area contributed by atoms with E-state index >= 15 is 0 Å². The highest BCUT2D eigenvalue weighted by molar-refractivity contribution is 5.96. The van der Waals surface area contributed by atoms with Crippen LogP contribution in [-0.2, 0) is 22.1 Å². The van der Waals surface area contributed by atoms with Crippen molar-refractivity contribution in [2.75, 3.05) is 18.9 Å². The summed E-state index contributed by atoms with van der Waals surface area (Å²) in [5, 5.41) is 2.51. The molecule has 0 aliphatic rings. The number of halogens is 4. The molecule has 27 heavy (non-hydrogen) atoms. The first-order valence-corrected chi connectivity index (χ1v) is 7.82. The van der Waals surface area contributed by atoms with E-state index in [0.717, 1.165) is 11.6 Å². The molecular weight excluding hydrogens is 368 g/mol. The number of carbonyl (C=O) groups is 2. The van der Waals surface area contributed by atoms with Crippen LogP contribution >= 0.6 is 0 Å². The molecule has 0 spiro atoms. The quantitative estimate of drug-likeness (QED) is 0.456. The average molecular weight is 384 g/mol. The molecule has 0 aromatic heterocycles. The maximum Gasteiger partial charge on any atom is 0.416 e. The normalized spacial score (nSPS) is 11.1. The molecule has 5 nitrogen and oxygen atoms in total. The number of rotatable bonds is 6. The Bertz CT molecular complexity index is 820. The van der Waals surface area contributed by atoms with Gasteiger partial charge in [0.05, 0.1) is 11.1 Å². The first-order chi connectivity index (χ1) is 12.7. The molecule has 0 atom stereocenters. The van der Waals surface area contributed by atoms with Gasteiger partial charge in [-0.15, -0.1) is 0 Å². The molecule has 2 rings (SSSR count). The SMILES string of the molecule is Nc1cc(C(F)(F)F)ccc1C(=O)OCC(=O)NCCc1ccc(F)cc1. The maximum atomic E-state index is 12.8. The third-order valence-electron chi connectivity index (χ3n) is 3.58. The van der Waals surface area contributed by atoms with Crippen LogP contribution in [0.3, 0.4) is 0 Å². The number of benzene rings is 2. The van der Waals surface area contributed by atoms with Crippen molar-refractivity contribution < 1.29 is 31.9 Å². The second kappa shape index (κ2) is 8.52. The summed E-state index contributed by atoms with van der Waals surface area (Å²) in [6, 6.07) is 7.98. The van der Waals surface area contributed by atoms with Crippen LogP contribution in [0.4, 0.5) is 23.2 Å². The van der Waals surface area contributed by atoms with Gasteiger partial charge < -0.3 is 15.8 Å². The molecule has 0 aliphatic carbocycles. The molecule has 144 valence electrons. The summed E-state index contributed by atoms with van der Waals surface area (Å²) in [7, 11) is 0. The molecule has 0 heterocycles. The Kier molecular flexibility index (Phi) is 6.38. The zero-order valence-electron chi connectivity index (χ0n) is 14.0. The number of alkyl halides is 3. The molecule has 0 fully saturated rings. The van der Waals surface area contributed by atoms with E-state index in [2.05, 4.69) is 5.32 Å². The van der Waals surface area contributed by atoms with E-state index in [-0.39, 0.29) is 17.9 Å². The summed E-state index contributed by atoms with van der Waals surface area (Å²) in [5.41, 5.74) is 4.61. The second-order valence-corrected chi connectivity index (χ2v) is 5.60. The van der Waals surface area contributed by atoms with E-state index in [1.807, 2.05) is 0 Å². The van der Waals surface area contributed by atoms with Gasteiger partial charge in [0.2, 0.25) is 0 Å². The van der Waals surface area contributed by atoms with Crippen molar-refractivity contribution in [3.05, 3.63) is 65.0 Å². The van der Waals surface area contributed by atoms with Crippen LogP contribution in [0.5, 0.6) is 0 Å². The van der Waals surface area contributed by atoms with Crippen LogP contribution in [0.15, 0.2) is 42.5 Å². The molecule has 0 unspecified atom stereocenters. The minimum atomic E-state index is -4.58. The first-order valence-electron chi connectivity index (χ1n) is 7.82. The summed E-state index contributed by atoms with van der Waals surface area (Å²) < 4.78 is 55.2. The van der Waals surface area contributed by atoms with E-state index in [1.54, 1.807) is 12.1 Å². The number of hydrogen-bond donors (Lipinski definition) is 2. The average Bonchev–Trinajstić information content (AvgIpc) is 2.60. The molecule has 0 bridgehead atoms. The van der Waals surface area contributed by atoms with E-state index in [0.29, 0.717) is 18.6 Å². The Morgan fingerprint density at radius 1 is 1.07 bits per heavy atom. The van der Waals surface area contributed by atoms with Crippen molar-refractivity contribution >= 4 is 17.6 Å². The lowest BCUT2D eigenvalue weighted by molar-refractivity contribution is -0.137. The Morgan fingerprint density at radius 3 is 2.33 bits per heavy atom. The number of esters is 1. The third-order valence-corrected chi connectivity index (χ3v) is 3.58. The second-order valence-electron chi connectivity index (χ2n) is 5.60. The molecular formula is C18H16F4N2O3. The van der Waals surface area contributed by atoms with E-state index in [1.165, 1.54) is 12.1 Å². The highest BCUT2D eigenvalue weighted by atomic mass is 19.4. The fraction of sp³-hybridized carbons (Fsp3) is 0.222. The Labute approximate surface area is 152 Å². The lowest BCUT2D eigenvalue weighted by Gasteiger charge is -2.11. The molecule has 0 aliphatic heterocycles. The largest absolute Gasteiger partial charge is 0.452 e. The molecule has 9 heteroatoms. The summed E-state index contributed by atoms with van der Waals surface area (Å²) in [5.74, 6) is -1.96. The third kappa shape index (κ3) is 5.98. The number of carbonyl (C=O) groups excluding carboxylic acids is 2. The zero-order chi connectivity index (χ0) is 20.0. The van der Waals surface area contributed by atoms with Gasteiger partial charge in [-0.05, 0) is 42.3 Å². The summed E-state index contributed by atoms with van der Waals surface area (Å²) in [6.45, 7) is -0.368. The lowest BCUT2D eigenvalue weighted by atomic mass is 10.1. The van der Waals surface area contributed by atoms with Crippen molar-refractivity contribution in [2.24, 2.45) is 0 Å². The molecule has 0 saturated heterocycles. The molecule has 2 aromatic rings. The number of hydrogen-bond acceptors (Lipinski definition) is 4. The van der Waals surface area contributed by atoms with Crippen LogP contribution in [-0.4, -0.2) is 25.0 Å². The molecule has 0 saturated carbocycles. The predicted octanol–water partition coefficient (Wildman–Crippen LogP) is 2.94. The standard InChI is InChI=1S/C18H16F4N2O3/c19-13-4-1-11(2-5-13)7-8-24-16(25)10-27-17(26)14-6-3-12(9-15(14)23)18(20,21)22/h1-6,9H,7-8,10,23H2,(H,24,25). The maximum absolute atomic E-state index is 12.8. The van der Waals surface area contributed by atoms with Crippen LogP contribution in [0, 0.1) is 5.82 Å². The van der Waals surface area contributed by atoms with Crippen molar-refractivity contribution in [1.82, 2.24) is 5.32 Å². The van der Waals surface area contributed by atoms with Gasteiger partial charge in [0.15, 0.2) is 6.61 Å². The lowest BCUT2D eigenvalue weighted by Crippen LogP contribution is -2.30. The predicted molar refractivity (Wildman–Crippen MR) is 89.3 cm³/mol. The summed E-state index contributed by atoms with van der Waals surface area (Å²) in [6.07, 6.45) is -4.13. The minimum absolute atomic E-state index is 0.241. The molecule has 3 N–H and O–H groups in total. The van der Waals surface area contributed by atoms with E-state index < -0.39 is 35.9 Å². The Hall–Kier alpha value is -3.10. The monoisotopic (exact) mass is 384 g/mol. The molecule has 2 aromatic carbocycles. The van der Waals surface area contributed by atoms with Gasteiger partial charge in [-0.2, -0.15) is 13.2 Å². The Balaban J connectivity index is 1.80. The summed E-state index contributed by atoms with van der Waals surface area (Å²) in [4.78, 5) is 23.5. The number of nitrogens with one attached hydrogen (secondary N) is 1.